The van der Waals surface area contributed by atoms with E-state index in [-0.39, 0.29) is 11.4 Å². The lowest BCUT2D eigenvalue weighted by atomic mass is 10.2. The topological polar surface area (TPSA) is 32.3 Å². The molecule has 2 unspecified atom stereocenters. The summed E-state index contributed by atoms with van der Waals surface area (Å²) in [7, 11) is 0. The van der Waals surface area contributed by atoms with E-state index < -0.39 is 0 Å². The normalized spacial score (nSPS) is 14.6. The summed E-state index contributed by atoms with van der Waals surface area (Å²) in [6.07, 6.45) is -0.291. The Morgan fingerprint density at radius 2 is 2.12 bits per heavy atom. The SMILES string of the molecule is CCNCc1ccc(SC(C)C(C)O)cc1Br. The Balaban J connectivity index is 2.68. The highest BCUT2D eigenvalue weighted by Gasteiger charge is 2.11. The average Bonchev–Trinajstić information content (AvgIpc) is 2.28. The van der Waals surface area contributed by atoms with Crippen LogP contribution < -0.4 is 5.32 Å². The lowest BCUT2D eigenvalue weighted by Gasteiger charge is -2.15. The van der Waals surface area contributed by atoms with Crippen LogP contribution in [-0.4, -0.2) is 23.0 Å². The van der Waals surface area contributed by atoms with Crippen molar-refractivity contribution in [3.63, 3.8) is 0 Å². The minimum absolute atomic E-state index is 0.210. The smallest absolute Gasteiger partial charge is 0.0631 e. The summed E-state index contributed by atoms with van der Waals surface area (Å²) < 4.78 is 1.13. The number of hydrogen-bond donors (Lipinski definition) is 2. The van der Waals surface area contributed by atoms with Crippen LogP contribution in [0.4, 0.5) is 0 Å². The first kappa shape index (κ1) is 15.0. The summed E-state index contributed by atoms with van der Waals surface area (Å²) in [6, 6.07) is 6.36. The van der Waals surface area contributed by atoms with Crippen molar-refractivity contribution in [2.75, 3.05) is 6.54 Å². The van der Waals surface area contributed by atoms with Gasteiger partial charge in [0.05, 0.1) is 6.10 Å². The Hall–Kier alpha value is -0.0300. The maximum atomic E-state index is 9.48. The second kappa shape index (κ2) is 7.41. The minimum atomic E-state index is -0.291. The molecule has 0 aliphatic heterocycles. The molecule has 2 N–H and O–H groups in total. The van der Waals surface area contributed by atoms with Crippen LogP contribution in [0.3, 0.4) is 0 Å². The second-order valence-corrected chi connectivity index (χ2v) is 6.40. The molecule has 2 atom stereocenters. The maximum absolute atomic E-state index is 9.48. The molecule has 1 rings (SSSR count). The van der Waals surface area contributed by atoms with Crippen LogP contribution in [0.2, 0.25) is 0 Å². The van der Waals surface area contributed by atoms with Crippen LogP contribution in [0, 0.1) is 0 Å². The molecule has 2 nitrogen and oxygen atoms in total. The van der Waals surface area contributed by atoms with Crippen molar-refractivity contribution in [2.24, 2.45) is 0 Å². The zero-order chi connectivity index (χ0) is 12.8. The standard InChI is InChI=1S/C13H20BrNOS/c1-4-15-8-11-5-6-12(7-13(11)14)17-10(3)9(2)16/h5-7,9-10,15-16H,4,8H2,1-3H3. The zero-order valence-electron chi connectivity index (χ0n) is 10.5. The van der Waals surface area contributed by atoms with Gasteiger partial charge in [-0.1, -0.05) is 35.8 Å². The summed E-state index contributed by atoms with van der Waals surface area (Å²) in [4.78, 5) is 1.19. The molecule has 0 fully saturated rings. The fraction of sp³-hybridized carbons (Fsp3) is 0.538. The Morgan fingerprint density at radius 1 is 1.41 bits per heavy atom. The van der Waals surface area contributed by atoms with Gasteiger partial charge in [0.2, 0.25) is 0 Å². The molecule has 0 aliphatic rings. The van der Waals surface area contributed by atoms with Crippen LogP contribution in [0.25, 0.3) is 0 Å². The molecule has 4 heteroatoms. The molecule has 0 bridgehead atoms. The highest BCUT2D eigenvalue weighted by atomic mass is 79.9. The number of nitrogens with one attached hydrogen (secondary N) is 1. The van der Waals surface area contributed by atoms with Crippen LogP contribution in [-0.2, 0) is 6.54 Å². The van der Waals surface area contributed by atoms with Crippen molar-refractivity contribution >= 4 is 27.7 Å². The van der Waals surface area contributed by atoms with E-state index in [1.165, 1.54) is 10.5 Å². The Bertz CT molecular complexity index is 357. The fourth-order valence-corrected chi connectivity index (χ4v) is 2.95. The van der Waals surface area contributed by atoms with Crippen molar-refractivity contribution in [3.05, 3.63) is 28.2 Å². The highest BCUT2D eigenvalue weighted by molar-refractivity contribution is 9.10. The van der Waals surface area contributed by atoms with Crippen molar-refractivity contribution < 1.29 is 5.11 Å². The van der Waals surface area contributed by atoms with Gasteiger partial charge in [-0.3, -0.25) is 0 Å². The molecule has 1 aromatic carbocycles. The minimum Gasteiger partial charge on any atom is -0.392 e. The van der Waals surface area contributed by atoms with E-state index in [1.807, 2.05) is 13.8 Å². The Morgan fingerprint density at radius 3 is 2.65 bits per heavy atom. The lowest BCUT2D eigenvalue weighted by Crippen LogP contribution is -2.15. The van der Waals surface area contributed by atoms with Crippen LogP contribution in [0.15, 0.2) is 27.6 Å². The van der Waals surface area contributed by atoms with Crippen LogP contribution >= 0.6 is 27.7 Å². The van der Waals surface area contributed by atoms with E-state index in [0.29, 0.717) is 0 Å². The number of benzene rings is 1. The number of hydrogen-bond acceptors (Lipinski definition) is 3. The molecule has 0 aromatic heterocycles. The molecule has 0 saturated carbocycles. The number of halogens is 1. The average molecular weight is 318 g/mol. The largest absolute Gasteiger partial charge is 0.392 e. The molecular formula is C13H20BrNOS. The molecule has 0 amide bonds. The molecule has 96 valence electrons. The Labute approximate surface area is 116 Å². The number of aliphatic hydroxyl groups is 1. The first-order valence-corrected chi connectivity index (χ1v) is 7.55. The van der Waals surface area contributed by atoms with Gasteiger partial charge in [-0.2, -0.15) is 0 Å². The van der Waals surface area contributed by atoms with Crippen molar-refractivity contribution in [1.82, 2.24) is 5.32 Å². The third-order valence-electron chi connectivity index (χ3n) is 2.59. The van der Waals surface area contributed by atoms with Gasteiger partial charge in [0.1, 0.15) is 0 Å². The molecule has 0 saturated heterocycles. The fourth-order valence-electron chi connectivity index (χ4n) is 1.32. The van der Waals surface area contributed by atoms with Gasteiger partial charge in [-0.25, -0.2) is 0 Å². The van der Waals surface area contributed by atoms with Gasteiger partial charge in [0.15, 0.2) is 0 Å². The van der Waals surface area contributed by atoms with Gasteiger partial charge < -0.3 is 10.4 Å². The van der Waals surface area contributed by atoms with Crippen molar-refractivity contribution in [1.29, 1.82) is 0 Å². The second-order valence-electron chi connectivity index (χ2n) is 4.10. The summed E-state index contributed by atoms with van der Waals surface area (Å²) in [5, 5.41) is 13.0. The predicted molar refractivity (Wildman–Crippen MR) is 78.5 cm³/mol. The summed E-state index contributed by atoms with van der Waals surface area (Å²) in [6.45, 7) is 7.82. The van der Waals surface area contributed by atoms with E-state index in [1.54, 1.807) is 11.8 Å². The molecule has 0 spiro atoms. The van der Waals surface area contributed by atoms with E-state index in [4.69, 9.17) is 0 Å². The van der Waals surface area contributed by atoms with Gasteiger partial charge in [-0.05, 0) is 31.2 Å². The number of aliphatic hydroxyl groups excluding tert-OH is 1. The predicted octanol–water partition coefficient (Wildman–Crippen LogP) is 3.42. The summed E-state index contributed by atoms with van der Waals surface area (Å²) >= 11 is 5.29. The summed E-state index contributed by atoms with van der Waals surface area (Å²) in [5.74, 6) is 0. The summed E-state index contributed by atoms with van der Waals surface area (Å²) in [5.41, 5.74) is 1.26. The van der Waals surface area contributed by atoms with E-state index >= 15 is 0 Å². The van der Waals surface area contributed by atoms with Gasteiger partial charge in [-0.15, -0.1) is 11.8 Å². The van der Waals surface area contributed by atoms with Crippen molar-refractivity contribution in [2.45, 2.75) is 43.6 Å². The third kappa shape index (κ3) is 5.00. The molecule has 0 aliphatic carbocycles. The molecular weight excluding hydrogens is 298 g/mol. The number of thioether (sulfide) groups is 1. The highest BCUT2D eigenvalue weighted by Crippen LogP contribution is 2.29. The monoisotopic (exact) mass is 317 g/mol. The quantitative estimate of drug-likeness (QED) is 0.788. The lowest BCUT2D eigenvalue weighted by molar-refractivity contribution is 0.196. The first-order valence-electron chi connectivity index (χ1n) is 5.88. The molecule has 0 radical (unpaired) electrons. The molecule has 17 heavy (non-hydrogen) atoms. The first-order chi connectivity index (χ1) is 8.04. The van der Waals surface area contributed by atoms with Gasteiger partial charge >= 0.3 is 0 Å². The third-order valence-corrected chi connectivity index (χ3v) is 4.62. The zero-order valence-corrected chi connectivity index (χ0v) is 12.9. The Kier molecular flexibility index (Phi) is 6.55. The van der Waals surface area contributed by atoms with E-state index in [2.05, 4.69) is 46.4 Å². The molecule has 1 aromatic rings. The van der Waals surface area contributed by atoms with E-state index in [9.17, 15) is 5.11 Å². The van der Waals surface area contributed by atoms with Crippen LogP contribution in [0.1, 0.15) is 26.3 Å². The van der Waals surface area contributed by atoms with Crippen molar-refractivity contribution in [3.8, 4) is 0 Å². The maximum Gasteiger partial charge on any atom is 0.0631 e. The number of rotatable bonds is 6. The van der Waals surface area contributed by atoms with Gasteiger partial charge in [0, 0.05) is 21.2 Å². The van der Waals surface area contributed by atoms with Gasteiger partial charge in [0.25, 0.3) is 0 Å². The van der Waals surface area contributed by atoms with E-state index in [0.717, 1.165) is 17.6 Å². The van der Waals surface area contributed by atoms with Crippen LogP contribution in [0.5, 0.6) is 0 Å². The molecule has 0 heterocycles.